The zero-order valence-electron chi connectivity index (χ0n) is 11.7. The summed E-state index contributed by atoms with van der Waals surface area (Å²) in [6, 6.07) is -0.0366. The Morgan fingerprint density at radius 1 is 1.16 bits per heavy atom. The Morgan fingerprint density at radius 2 is 1.68 bits per heavy atom. The minimum absolute atomic E-state index is 0.0156. The first kappa shape index (κ1) is 15.5. The van der Waals surface area contributed by atoms with E-state index in [9.17, 15) is 14.4 Å². The van der Waals surface area contributed by atoms with Crippen molar-refractivity contribution in [3.63, 3.8) is 0 Å². The van der Waals surface area contributed by atoms with E-state index in [-0.39, 0.29) is 17.9 Å². The van der Waals surface area contributed by atoms with Gasteiger partial charge in [-0.3, -0.25) is 14.4 Å². The van der Waals surface area contributed by atoms with E-state index < -0.39 is 17.8 Å². The minimum atomic E-state index is -1.12. The van der Waals surface area contributed by atoms with Crippen LogP contribution in [-0.2, 0) is 14.4 Å². The number of carbonyl (C=O) groups excluding carboxylic acids is 2. The van der Waals surface area contributed by atoms with E-state index in [0.29, 0.717) is 25.9 Å². The maximum absolute atomic E-state index is 11.8. The Balaban J connectivity index is 2.40. The summed E-state index contributed by atoms with van der Waals surface area (Å²) in [4.78, 5) is 35.9. The number of aliphatic carboxylic acids is 1. The van der Waals surface area contributed by atoms with E-state index in [4.69, 9.17) is 5.11 Å². The third-order valence-corrected chi connectivity index (χ3v) is 3.41. The molecule has 0 aromatic rings. The Labute approximate surface area is 113 Å². The molecular weight excluding hydrogens is 248 g/mol. The van der Waals surface area contributed by atoms with Gasteiger partial charge in [-0.25, -0.2) is 0 Å². The molecule has 2 N–H and O–H groups in total. The Hall–Kier alpha value is -1.59. The number of nitrogens with zero attached hydrogens (tertiary/aromatic N) is 1. The minimum Gasteiger partial charge on any atom is -0.481 e. The molecule has 19 heavy (non-hydrogen) atoms. The molecule has 108 valence electrons. The largest absolute Gasteiger partial charge is 0.481 e. The molecule has 1 unspecified atom stereocenters. The first-order valence-corrected chi connectivity index (χ1v) is 6.65. The molecule has 0 bridgehead atoms. The van der Waals surface area contributed by atoms with Crippen LogP contribution < -0.4 is 5.32 Å². The van der Waals surface area contributed by atoms with Gasteiger partial charge in [0.15, 0.2) is 0 Å². The van der Waals surface area contributed by atoms with Gasteiger partial charge in [-0.05, 0) is 19.8 Å². The van der Waals surface area contributed by atoms with Crippen molar-refractivity contribution in [1.82, 2.24) is 10.2 Å². The SMILES string of the molecule is CC(C)C(=O)N1CCC(NC(=O)C(C)C(=O)O)CC1. The van der Waals surface area contributed by atoms with Crippen LogP contribution in [0.2, 0.25) is 0 Å². The van der Waals surface area contributed by atoms with Crippen LogP contribution in [0, 0.1) is 11.8 Å². The molecule has 1 atom stereocenters. The second-order valence-corrected chi connectivity index (χ2v) is 5.32. The second kappa shape index (κ2) is 6.54. The van der Waals surface area contributed by atoms with E-state index in [1.165, 1.54) is 6.92 Å². The third-order valence-electron chi connectivity index (χ3n) is 3.41. The van der Waals surface area contributed by atoms with E-state index in [1.54, 1.807) is 4.90 Å². The molecule has 1 rings (SSSR count). The number of hydrogen-bond donors (Lipinski definition) is 2. The molecule has 0 spiro atoms. The van der Waals surface area contributed by atoms with Crippen molar-refractivity contribution in [2.24, 2.45) is 11.8 Å². The van der Waals surface area contributed by atoms with Crippen molar-refractivity contribution in [3.05, 3.63) is 0 Å². The van der Waals surface area contributed by atoms with Crippen molar-refractivity contribution in [3.8, 4) is 0 Å². The fourth-order valence-electron chi connectivity index (χ4n) is 2.05. The van der Waals surface area contributed by atoms with Crippen LogP contribution in [-0.4, -0.2) is 46.9 Å². The summed E-state index contributed by atoms with van der Waals surface area (Å²) in [6.45, 7) is 6.33. The predicted molar refractivity (Wildman–Crippen MR) is 69.4 cm³/mol. The molecule has 1 fully saturated rings. The topological polar surface area (TPSA) is 86.7 Å². The molecule has 1 aliphatic heterocycles. The van der Waals surface area contributed by atoms with Crippen molar-refractivity contribution in [2.75, 3.05) is 13.1 Å². The van der Waals surface area contributed by atoms with Crippen LogP contribution in [0.4, 0.5) is 0 Å². The highest BCUT2D eigenvalue weighted by atomic mass is 16.4. The second-order valence-electron chi connectivity index (χ2n) is 5.32. The van der Waals surface area contributed by atoms with Crippen LogP contribution in [0.5, 0.6) is 0 Å². The highest BCUT2D eigenvalue weighted by Gasteiger charge is 2.27. The van der Waals surface area contributed by atoms with Crippen molar-refractivity contribution in [2.45, 2.75) is 39.7 Å². The highest BCUT2D eigenvalue weighted by Crippen LogP contribution is 2.13. The van der Waals surface area contributed by atoms with Gasteiger partial charge in [-0.1, -0.05) is 13.8 Å². The normalized spacial score (nSPS) is 18.2. The number of rotatable bonds is 4. The molecule has 0 radical (unpaired) electrons. The average molecular weight is 270 g/mol. The molecule has 0 saturated carbocycles. The van der Waals surface area contributed by atoms with E-state index in [1.807, 2.05) is 13.8 Å². The lowest BCUT2D eigenvalue weighted by atomic mass is 10.0. The average Bonchev–Trinajstić information content (AvgIpc) is 2.37. The van der Waals surface area contributed by atoms with Gasteiger partial charge < -0.3 is 15.3 Å². The molecule has 1 heterocycles. The summed E-state index contributed by atoms with van der Waals surface area (Å²) in [6.07, 6.45) is 1.35. The number of carboxylic acid groups (broad SMARTS) is 1. The first-order chi connectivity index (χ1) is 8.82. The molecule has 2 amide bonds. The van der Waals surface area contributed by atoms with Crippen LogP contribution in [0.3, 0.4) is 0 Å². The number of hydrogen-bond acceptors (Lipinski definition) is 3. The lowest BCUT2D eigenvalue weighted by Crippen LogP contribution is -2.49. The van der Waals surface area contributed by atoms with Gasteiger partial charge in [0.25, 0.3) is 0 Å². The van der Waals surface area contributed by atoms with E-state index in [2.05, 4.69) is 5.32 Å². The fourth-order valence-corrected chi connectivity index (χ4v) is 2.05. The summed E-state index contributed by atoms with van der Waals surface area (Å²) in [7, 11) is 0. The Bertz CT molecular complexity index is 360. The number of nitrogens with one attached hydrogen (secondary N) is 1. The van der Waals surface area contributed by atoms with E-state index >= 15 is 0 Å². The number of carbonyl (C=O) groups is 3. The van der Waals surface area contributed by atoms with E-state index in [0.717, 1.165) is 0 Å². The summed E-state index contributed by atoms with van der Waals surface area (Å²) in [5.74, 6) is -2.50. The van der Waals surface area contributed by atoms with Gasteiger partial charge in [-0.2, -0.15) is 0 Å². The van der Waals surface area contributed by atoms with Gasteiger partial charge in [-0.15, -0.1) is 0 Å². The Morgan fingerprint density at radius 3 is 2.11 bits per heavy atom. The first-order valence-electron chi connectivity index (χ1n) is 6.65. The number of amides is 2. The molecule has 1 saturated heterocycles. The van der Waals surface area contributed by atoms with Crippen molar-refractivity contribution in [1.29, 1.82) is 0 Å². The zero-order valence-corrected chi connectivity index (χ0v) is 11.7. The summed E-state index contributed by atoms with van der Waals surface area (Å²) >= 11 is 0. The van der Waals surface area contributed by atoms with Gasteiger partial charge in [0.2, 0.25) is 11.8 Å². The predicted octanol–water partition coefficient (Wildman–Crippen LogP) is 0.470. The zero-order chi connectivity index (χ0) is 14.6. The van der Waals surface area contributed by atoms with Crippen LogP contribution in [0.1, 0.15) is 33.6 Å². The molecule has 0 aromatic carbocycles. The molecule has 6 nitrogen and oxygen atoms in total. The lowest BCUT2D eigenvalue weighted by molar-refractivity contribution is -0.146. The molecule has 0 aromatic heterocycles. The highest BCUT2D eigenvalue weighted by molar-refractivity contribution is 5.96. The van der Waals surface area contributed by atoms with Crippen molar-refractivity contribution >= 4 is 17.8 Å². The van der Waals surface area contributed by atoms with Gasteiger partial charge in [0.05, 0.1) is 0 Å². The fraction of sp³-hybridized carbons (Fsp3) is 0.769. The molecule has 6 heteroatoms. The molecule has 1 aliphatic rings. The maximum Gasteiger partial charge on any atom is 0.315 e. The molecule has 0 aliphatic carbocycles. The van der Waals surface area contributed by atoms with Crippen LogP contribution in [0.25, 0.3) is 0 Å². The maximum atomic E-state index is 11.8. The monoisotopic (exact) mass is 270 g/mol. The van der Waals surface area contributed by atoms with Crippen molar-refractivity contribution < 1.29 is 19.5 Å². The van der Waals surface area contributed by atoms with Gasteiger partial charge in [0, 0.05) is 25.0 Å². The number of carboxylic acids is 1. The quantitative estimate of drug-likeness (QED) is 0.727. The third kappa shape index (κ3) is 4.22. The standard InChI is InChI=1S/C13H22N2O4/c1-8(2)12(17)15-6-4-10(5-7-15)14-11(16)9(3)13(18)19/h8-10H,4-7H2,1-3H3,(H,14,16)(H,18,19). The lowest BCUT2D eigenvalue weighted by Gasteiger charge is -2.33. The van der Waals surface area contributed by atoms with Gasteiger partial charge >= 0.3 is 5.97 Å². The van der Waals surface area contributed by atoms with Gasteiger partial charge in [0.1, 0.15) is 5.92 Å². The smallest absolute Gasteiger partial charge is 0.315 e. The van der Waals surface area contributed by atoms with Crippen LogP contribution >= 0.6 is 0 Å². The number of piperidine rings is 1. The summed E-state index contributed by atoms with van der Waals surface area (Å²) in [5.41, 5.74) is 0. The van der Waals surface area contributed by atoms with Crippen LogP contribution in [0.15, 0.2) is 0 Å². The molecular formula is C13H22N2O4. The summed E-state index contributed by atoms with van der Waals surface area (Å²) in [5, 5.41) is 11.5. The number of likely N-dealkylation sites (tertiary alicyclic amines) is 1. The summed E-state index contributed by atoms with van der Waals surface area (Å²) < 4.78 is 0. The Kier molecular flexibility index (Phi) is 5.32.